The summed E-state index contributed by atoms with van der Waals surface area (Å²) in [5, 5.41) is 12.8. The van der Waals surface area contributed by atoms with Crippen molar-refractivity contribution in [3.05, 3.63) is 71.3 Å². The Bertz CT molecular complexity index is 752. The number of nitrogens with one attached hydrogen (secondary N) is 1. The van der Waals surface area contributed by atoms with E-state index in [0.29, 0.717) is 17.5 Å². The van der Waals surface area contributed by atoms with Gasteiger partial charge >= 0.3 is 5.97 Å². The minimum absolute atomic E-state index is 0.359. The van der Waals surface area contributed by atoms with E-state index in [1.54, 1.807) is 12.1 Å². The predicted octanol–water partition coefficient (Wildman–Crippen LogP) is 3.74. The van der Waals surface area contributed by atoms with E-state index in [2.05, 4.69) is 40.5 Å². The van der Waals surface area contributed by atoms with Crippen LogP contribution in [0.4, 0.5) is 0 Å². The Kier molecular flexibility index (Phi) is 5.55. The Balaban J connectivity index is 1.17. The summed E-state index contributed by atoms with van der Waals surface area (Å²) in [5.74, 6) is 0.618. The van der Waals surface area contributed by atoms with Gasteiger partial charge in [0.05, 0.1) is 5.56 Å². The molecule has 1 saturated carbocycles. The van der Waals surface area contributed by atoms with Crippen LogP contribution in [0, 0.1) is 5.92 Å². The normalized spacial score (nSPS) is 23.3. The quantitative estimate of drug-likeness (QED) is 0.786. The van der Waals surface area contributed by atoms with E-state index in [9.17, 15) is 4.79 Å². The number of rotatable bonds is 7. The van der Waals surface area contributed by atoms with E-state index < -0.39 is 5.97 Å². The Morgan fingerprint density at radius 3 is 2.41 bits per heavy atom. The molecule has 2 aromatic rings. The van der Waals surface area contributed by atoms with Crippen molar-refractivity contribution >= 4 is 5.97 Å². The maximum absolute atomic E-state index is 10.9. The molecule has 4 rings (SSSR count). The molecule has 2 N–H and O–H groups in total. The van der Waals surface area contributed by atoms with Crippen LogP contribution < -0.4 is 5.32 Å². The third-order valence-electron chi connectivity index (χ3n) is 6.00. The van der Waals surface area contributed by atoms with Gasteiger partial charge in [0, 0.05) is 18.5 Å². The molecule has 2 aromatic carbocycles. The molecule has 4 nitrogen and oxygen atoms in total. The summed E-state index contributed by atoms with van der Waals surface area (Å²) >= 11 is 0. The van der Waals surface area contributed by atoms with Gasteiger partial charge in [0.25, 0.3) is 0 Å². The maximum Gasteiger partial charge on any atom is 0.335 e. The first-order valence-corrected chi connectivity index (χ1v) is 10.0. The number of hydrogen-bond donors (Lipinski definition) is 2. The highest BCUT2D eigenvalue weighted by molar-refractivity contribution is 5.87. The van der Waals surface area contributed by atoms with E-state index >= 15 is 0 Å². The molecule has 1 aliphatic heterocycles. The molecule has 27 heavy (non-hydrogen) atoms. The molecule has 0 unspecified atom stereocenters. The van der Waals surface area contributed by atoms with Gasteiger partial charge in [-0.05, 0) is 68.1 Å². The number of carboxylic acids is 1. The number of benzene rings is 2. The minimum atomic E-state index is -0.861. The average Bonchev–Trinajstić information content (AvgIpc) is 3.48. The number of nitrogens with zero attached hydrogens (tertiary/aromatic N) is 1. The number of likely N-dealkylation sites (tertiary alicyclic amines) is 1. The monoisotopic (exact) mass is 364 g/mol. The van der Waals surface area contributed by atoms with Crippen molar-refractivity contribution in [1.82, 2.24) is 10.2 Å². The second-order valence-corrected chi connectivity index (χ2v) is 7.99. The van der Waals surface area contributed by atoms with E-state index in [4.69, 9.17) is 5.11 Å². The molecule has 4 heteroatoms. The third kappa shape index (κ3) is 4.76. The Morgan fingerprint density at radius 2 is 1.74 bits per heavy atom. The van der Waals surface area contributed by atoms with Crippen molar-refractivity contribution in [2.45, 2.75) is 37.8 Å². The molecular formula is C23H28N2O2. The second-order valence-electron chi connectivity index (χ2n) is 7.99. The Hall–Kier alpha value is -2.17. The summed E-state index contributed by atoms with van der Waals surface area (Å²) < 4.78 is 0. The van der Waals surface area contributed by atoms with Crippen LogP contribution >= 0.6 is 0 Å². The summed E-state index contributed by atoms with van der Waals surface area (Å²) in [6, 6.07) is 18.8. The minimum Gasteiger partial charge on any atom is -0.478 e. The lowest BCUT2D eigenvalue weighted by molar-refractivity contribution is 0.0697. The fraction of sp³-hybridized carbons (Fsp3) is 0.435. The number of carbonyl (C=O) groups is 1. The highest BCUT2D eigenvalue weighted by Crippen LogP contribution is 2.40. The van der Waals surface area contributed by atoms with Gasteiger partial charge in [-0.15, -0.1) is 0 Å². The molecule has 2 fully saturated rings. The van der Waals surface area contributed by atoms with Gasteiger partial charge < -0.3 is 10.4 Å². The van der Waals surface area contributed by atoms with Gasteiger partial charge in [-0.25, -0.2) is 4.79 Å². The van der Waals surface area contributed by atoms with Crippen LogP contribution in [-0.2, 0) is 6.54 Å². The SMILES string of the molecule is O=C(O)c1ccc(CN2CCC(CN[C@@H]3C[C@@H]3c3ccccc3)CC2)cc1. The summed E-state index contributed by atoms with van der Waals surface area (Å²) in [6.45, 7) is 4.30. The fourth-order valence-corrected chi connectivity index (χ4v) is 4.17. The van der Waals surface area contributed by atoms with Gasteiger partial charge in [-0.3, -0.25) is 4.90 Å². The number of piperidine rings is 1. The first-order chi connectivity index (χ1) is 13.2. The molecule has 1 heterocycles. The van der Waals surface area contributed by atoms with Crippen LogP contribution in [0.5, 0.6) is 0 Å². The molecular weight excluding hydrogens is 336 g/mol. The van der Waals surface area contributed by atoms with Crippen LogP contribution in [0.25, 0.3) is 0 Å². The van der Waals surface area contributed by atoms with Gasteiger partial charge in [0.1, 0.15) is 0 Å². The molecule has 1 saturated heterocycles. The Morgan fingerprint density at radius 1 is 1.04 bits per heavy atom. The van der Waals surface area contributed by atoms with Gasteiger partial charge in [-0.1, -0.05) is 42.5 Å². The largest absolute Gasteiger partial charge is 0.478 e. The van der Waals surface area contributed by atoms with Crippen LogP contribution in [-0.4, -0.2) is 41.7 Å². The van der Waals surface area contributed by atoms with Gasteiger partial charge in [0.15, 0.2) is 0 Å². The van der Waals surface area contributed by atoms with E-state index in [0.717, 1.165) is 32.1 Å². The number of aromatic carboxylic acids is 1. The smallest absolute Gasteiger partial charge is 0.335 e. The van der Waals surface area contributed by atoms with Crippen LogP contribution in [0.1, 0.15) is 46.7 Å². The second kappa shape index (κ2) is 8.24. The zero-order valence-electron chi connectivity index (χ0n) is 15.7. The van der Waals surface area contributed by atoms with E-state index in [-0.39, 0.29) is 0 Å². The molecule has 0 spiro atoms. The molecule has 0 aromatic heterocycles. The van der Waals surface area contributed by atoms with Crippen molar-refractivity contribution in [3.63, 3.8) is 0 Å². The predicted molar refractivity (Wildman–Crippen MR) is 107 cm³/mol. The van der Waals surface area contributed by atoms with Crippen LogP contribution in [0.3, 0.4) is 0 Å². The van der Waals surface area contributed by atoms with Crippen molar-refractivity contribution in [2.75, 3.05) is 19.6 Å². The third-order valence-corrected chi connectivity index (χ3v) is 6.00. The van der Waals surface area contributed by atoms with Gasteiger partial charge in [-0.2, -0.15) is 0 Å². The molecule has 2 aliphatic rings. The molecule has 0 radical (unpaired) electrons. The highest BCUT2D eigenvalue weighted by atomic mass is 16.4. The summed E-state index contributed by atoms with van der Waals surface area (Å²) in [6.07, 6.45) is 3.75. The van der Waals surface area contributed by atoms with Crippen molar-refractivity contribution < 1.29 is 9.90 Å². The average molecular weight is 364 g/mol. The zero-order chi connectivity index (χ0) is 18.6. The first kappa shape index (κ1) is 18.2. The highest BCUT2D eigenvalue weighted by Gasteiger charge is 2.38. The number of carboxylic acid groups (broad SMARTS) is 1. The first-order valence-electron chi connectivity index (χ1n) is 10.0. The number of hydrogen-bond acceptors (Lipinski definition) is 3. The lowest BCUT2D eigenvalue weighted by Crippen LogP contribution is -2.37. The van der Waals surface area contributed by atoms with Gasteiger partial charge in [0.2, 0.25) is 0 Å². The molecule has 0 amide bonds. The van der Waals surface area contributed by atoms with Crippen molar-refractivity contribution in [3.8, 4) is 0 Å². The molecule has 142 valence electrons. The molecule has 2 atom stereocenters. The van der Waals surface area contributed by atoms with Crippen LogP contribution in [0.2, 0.25) is 0 Å². The maximum atomic E-state index is 10.9. The zero-order valence-corrected chi connectivity index (χ0v) is 15.7. The standard InChI is InChI=1S/C23H28N2O2/c26-23(27)20-8-6-18(7-9-20)16-25-12-10-17(11-13-25)15-24-22-14-21(22)19-4-2-1-3-5-19/h1-9,17,21-22,24H,10-16H2,(H,26,27)/t21-,22-/m1/s1. The van der Waals surface area contributed by atoms with E-state index in [1.165, 1.54) is 30.4 Å². The lowest BCUT2D eigenvalue weighted by Gasteiger charge is -2.32. The van der Waals surface area contributed by atoms with Crippen molar-refractivity contribution in [2.24, 2.45) is 5.92 Å². The summed E-state index contributed by atoms with van der Waals surface area (Å²) in [7, 11) is 0. The fourth-order valence-electron chi connectivity index (χ4n) is 4.17. The lowest BCUT2D eigenvalue weighted by atomic mass is 9.96. The summed E-state index contributed by atoms with van der Waals surface area (Å²) in [5.41, 5.74) is 3.02. The van der Waals surface area contributed by atoms with Crippen LogP contribution in [0.15, 0.2) is 54.6 Å². The van der Waals surface area contributed by atoms with Crippen molar-refractivity contribution in [1.29, 1.82) is 0 Å². The Labute approximate surface area is 161 Å². The topological polar surface area (TPSA) is 52.6 Å². The van der Waals surface area contributed by atoms with E-state index in [1.807, 2.05) is 12.1 Å². The summed E-state index contributed by atoms with van der Waals surface area (Å²) in [4.78, 5) is 13.4. The molecule has 0 bridgehead atoms. The molecule has 1 aliphatic carbocycles.